The predicted octanol–water partition coefficient (Wildman–Crippen LogP) is 1.71. The van der Waals surface area contributed by atoms with E-state index in [1.54, 1.807) is 7.11 Å². The van der Waals surface area contributed by atoms with Gasteiger partial charge in [-0.2, -0.15) is 0 Å². The minimum Gasteiger partial charge on any atom is -0.395 e. The summed E-state index contributed by atoms with van der Waals surface area (Å²) in [6, 6.07) is 8.02. The van der Waals surface area contributed by atoms with E-state index < -0.39 is 6.67 Å². The first-order valence-corrected chi connectivity index (χ1v) is 5.93. The Bertz CT molecular complexity index is 292. The Kier molecular flexibility index (Phi) is 10.2. The molecule has 1 unspecified atom stereocenters. The average Bonchev–Trinajstić information content (AvgIpc) is 2.45. The third-order valence-electron chi connectivity index (χ3n) is 2.28. The molecule has 4 N–H and O–H groups in total. The van der Waals surface area contributed by atoms with Gasteiger partial charge in [-0.3, -0.25) is 0 Å². The SMILES string of the molecule is COC(C)c1ccc(NCCO)cc1.NCCF. The van der Waals surface area contributed by atoms with Crippen LogP contribution in [0.3, 0.4) is 0 Å². The summed E-state index contributed by atoms with van der Waals surface area (Å²) < 4.78 is 15.8. The fourth-order valence-electron chi connectivity index (χ4n) is 1.21. The normalized spacial score (nSPS) is 11.4. The van der Waals surface area contributed by atoms with Crippen LogP contribution in [-0.2, 0) is 4.74 Å². The van der Waals surface area contributed by atoms with E-state index in [-0.39, 0.29) is 19.3 Å². The first-order valence-electron chi connectivity index (χ1n) is 5.93. The summed E-state index contributed by atoms with van der Waals surface area (Å²) in [6.45, 7) is 2.49. The van der Waals surface area contributed by atoms with Gasteiger partial charge in [-0.15, -0.1) is 0 Å². The molecule has 0 amide bonds. The Morgan fingerprint density at radius 2 is 1.94 bits per heavy atom. The van der Waals surface area contributed by atoms with Crippen molar-refractivity contribution in [1.82, 2.24) is 0 Å². The maximum atomic E-state index is 10.6. The average molecular weight is 258 g/mol. The molecule has 4 nitrogen and oxygen atoms in total. The first kappa shape index (κ1) is 16.8. The fourth-order valence-corrected chi connectivity index (χ4v) is 1.21. The molecular formula is C13H23FN2O2. The van der Waals surface area contributed by atoms with E-state index in [4.69, 9.17) is 9.84 Å². The highest BCUT2D eigenvalue weighted by atomic mass is 19.1. The highest BCUT2D eigenvalue weighted by Gasteiger charge is 2.02. The van der Waals surface area contributed by atoms with E-state index in [0.717, 1.165) is 11.3 Å². The second kappa shape index (κ2) is 11.0. The molecule has 104 valence electrons. The van der Waals surface area contributed by atoms with Crippen molar-refractivity contribution in [3.63, 3.8) is 0 Å². The summed E-state index contributed by atoms with van der Waals surface area (Å²) in [5.41, 5.74) is 6.83. The van der Waals surface area contributed by atoms with Gasteiger partial charge in [-0.25, -0.2) is 4.39 Å². The van der Waals surface area contributed by atoms with Crippen LogP contribution in [0.5, 0.6) is 0 Å². The summed E-state index contributed by atoms with van der Waals surface area (Å²) in [5.74, 6) is 0. The Balaban J connectivity index is 0.000000631. The van der Waals surface area contributed by atoms with Gasteiger partial charge in [-0.1, -0.05) is 12.1 Å². The molecule has 5 heteroatoms. The number of nitrogens with one attached hydrogen (secondary N) is 1. The van der Waals surface area contributed by atoms with E-state index in [1.165, 1.54) is 0 Å². The van der Waals surface area contributed by atoms with Gasteiger partial charge in [-0.05, 0) is 24.6 Å². The summed E-state index contributed by atoms with van der Waals surface area (Å²) >= 11 is 0. The monoisotopic (exact) mass is 258 g/mol. The van der Waals surface area contributed by atoms with E-state index in [9.17, 15) is 4.39 Å². The van der Waals surface area contributed by atoms with E-state index >= 15 is 0 Å². The zero-order valence-electron chi connectivity index (χ0n) is 11.0. The minimum atomic E-state index is -0.403. The number of aliphatic hydroxyl groups is 1. The van der Waals surface area contributed by atoms with Crippen molar-refractivity contribution in [1.29, 1.82) is 0 Å². The Morgan fingerprint density at radius 3 is 2.33 bits per heavy atom. The van der Waals surface area contributed by atoms with Crippen molar-refractivity contribution >= 4 is 5.69 Å². The summed E-state index contributed by atoms with van der Waals surface area (Å²) in [5, 5.41) is 11.7. The van der Waals surface area contributed by atoms with Crippen molar-refractivity contribution < 1.29 is 14.2 Å². The lowest BCUT2D eigenvalue weighted by atomic mass is 10.1. The number of halogens is 1. The number of hydrogen-bond acceptors (Lipinski definition) is 4. The fraction of sp³-hybridized carbons (Fsp3) is 0.538. The minimum absolute atomic E-state index is 0.127. The van der Waals surface area contributed by atoms with Crippen LogP contribution in [0.15, 0.2) is 24.3 Å². The topological polar surface area (TPSA) is 67.5 Å². The highest BCUT2D eigenvalue weighted by Crippen LogP contribution is 2.17. The molecule has 0 aliphatic carbocycles. The molecule has 0 spiro atoms. The number of rotatable bonds is 6. The van der Waals surface area contributed by atoms with Crippen molar-refractivity contribution in [2.75, 3.05) is 38.8 Å². The van der Waals surface area contributed by atoms with Crippen molar-refractivity contribution in [2.24, 2.45) is 5.73 Å². The smallest absolute Gasteiger partial charge is 0.102 e. The number of hydrogen-bond donors (Lipinski definition) is 3. The zero-order valence-corrected chi connectivity index (χ0v) is 11.0. The van der Waals surface area contributed by atoms with Crippen LogP contribution < -0.4 is 11.1 Å². The largest absolute Gasteiger partial charge is 0.395 e. The second-order valence-corrected chi connectivity index (χ2v) is 3.63. The number of alkyl halides is 1. The molecule has 1 atom stereocenters. The number of nitrogens with two attached hydrogens (primary N) is 1. The van der Waals surface area contributed by atoms with Crippen LogP contribution in [-0.4, -0.2) is 38.6 Å². The molecule has 0 saturated heterocycles. The molecule has 0 aliphatic heterocycles. The Morgan fingerprint density at radius 1 is 1.39 bits per heavy atom. The number of methoxy groups -OCH3 is 1. The molecule has 18 heavy (non-hydrogen) atoms. The second-order valence-electron chi connectivity index (χ2n) is 3.63. The Labute approximate surface area is 108 Å². The molecule has 1 aromatic rings. The van der Waals surface area contributed by atoms with Crippen LogP contribution in [0.1, 0.15) is 18.6 Å². The lowest BCUT2D eigenvalue weighted by molar-refractivity contribution is 0.119. The van der Waals surface area contributed by atoms with Gasteiger partial charge in [0.15, 0.2) is 0 Å². The molecule has 0 bridgehead atoms. The van der Waals surface area contributed by atoms with Gasteiger partial charge in [0, 0.05) is 25.9 Å². The summed E-state index contributed by atoms with van der Waals surface area (Å²) in [4.78, 5) is 0. The Hall–Kier alpha value is -1.17. The van der Waals surface area contributed by atoms with Crippen molar-refractivity contribution in [3.8, 4) is 0 Å². The maximum absolute atomic E-state index is 10.6. The summed E-state index contributed by atoms with van der Waals surface area (Å²) in [7, 11) is 1.70. The lowest BCUT2D eigenvalue weighted by Crippen LogP contribution is -2.05. The molecule has 0 heterocycles. The number of anilines is 1. The van der Waals surface area contributed by atoms with Crippen LogP contribution in [0, 0.1) is 0 Å². The van der Waals surface area contributed by atoms with Gasteiger partial charge >= 0.3 is 0 Å². The van der Waals surface area contributed by atoms with Gasteiger partial charge in [0.2, 0.25) is 0 Å². The number of aliphatic hydroxyl groups excluding tert-OH is 1. The molecule has 1 aromatic carbocycles. The van der Waals surface area contributed by atoms with Crippen molar-refractivity contribution in [2.45, 2.75) is 13.0 Å². The van der Waals surface area contributed by atoms with E-state index in [1.807, 2.05) is 31.2 Å². The summed E-state index contributed by atoms with van der Waals surface area (Å²) in [6.07, 6.45) is 0.127. The van der Waals surface area contributed by atoms with Crippen LogP contribution in [0.25, 0.3) is 0 Å². The first-order chi connectivity index (χ1) is 8.69. The van der Waals surface area contributed by atoms with Gasteiger partial charge in [0.25, 0.3) is 0 Å². The molecule has 1 rings (SSSR count). The standard InChI is InChI=1S/C11H17NO2.C2H6FN/c1-9(14-2)10-3-5-11(6-4-10)12-7-8-13;3-1-2-4/h3-6,9,12-13H,7-8H2,1-2H3;1-2,4H2. The highest BCUT2D eigenvalue weighted by molar-refractivity contribution is 5.44. The van der Waals surface area contributed by atoms with Gasteiger partial charge in [0.05, 0.1) is 12.7 Å². The zero-order chi connectivity index (χ0) is 13.8. The van der Waals surface area contributed by atoms with Crippen LogP contribution in [0.4, 0.5) is 10.1 Å². The molecule has 0 radical (unpaired) electrons. The molecule has 0 fully saturated rings. The van der Waals surface area contributed by atoms with Gasteiger partial charge < -0.3 is 20.9 Å². The lowest BCUT2D eigenvalue weighted by Gasteiger charge is -2.10. The number of ether oxygens (including phenoxy) is 1. The van der Waals surface area contributed by atoms with Crippen LogP contribution in [0.2, 0.25) is 0 Å². The van der Waals surface area contributed by atoms with Crippen molar-refractivity contribution in [3.05, 3.63) is 29.8 Å². The predicted molar refractivity (Wildman–Crippen MR) is 72.5 cm³/mol. The van der Waals surface area contributed by atoms with E-state index in [2.05, 4.69) is 11.1 Å². The van der Waals surface area contributed by atoms with Gasteiger partial charge in [0.1, 0.15) is 6.67 Å². The molecule has 0 aliphatic rings. The maximum Gasteiger partial charge on any atom is 0.102 e. The molecule has 0 saturated carbocycles. The molecule has 0 aromatic heterocycles. The van der Waals surface area contributed by atoms with E-state index in [0.29, 0.717) is 6.54 Å². The third kappa shape index (κ3) is 7.21. The third-order valence-corrected chi connectivity index (χ3v) is 2.28. The quantitative estimate of drug-likeness (QED) is 0.726. The molecular weight excluding hydrogens is 235 g/mol. The van der Waals surface area contributed by atoms with Crippen LogP contribution >= 0.6 is 0 Å². The number of benzene rings is 1.